The predicted octanol–water partition coefficient (Wildman–Crippen LogP) is 3.12. The third-order valence-electron chi connectivity index (χ3n) is 3.04. The Morgan fingerprint density at radius 3 is 2.55 bits per heavy atom. The molecular formula is C15H18N2O2S. The first kappa shape index (κ1) is 14.5. The van der Waals surface area contributed by atoms with E-state index < -0.39 is 0 Å². The Hall–Kier alpha value is -1.88. The van der Waals surface area contributed by atoms with Gasteiger partial charge in [-0.2, -0.15) is 0 Å². The summed E-state index contributed by atoms with van der Waals surface area (Å²) in [5, 5.41) is 2.72. The number of carbonyl (C=O) groups excluding carboxylic acids is 1. The average molecular weight is 290 g/mol. The number of rotatable bonds is 5. The van der Waals surface area contributed by atoms with Gasteiger partial charge in [-0.3, -0.25) is 4.79 Å². The van der Waals surface area contributed by atoms with E-state index in [9.17, 15) is 4.79 Å². The maximum absolute atomic E-state index is 12.4. The minimum atomic E-state index is -0.0207. The van der Waals surface area contributed by atoms with Crippen molar-refractivity contribution in [1.29, 1.82) is 0 Å². The number of hydrogen-bond donors (Lipinski definition) is 0. The number of benzene rings is 1. The van der Waals surface area contributed by atoms with Gasteiger partial charge in [0, 0.05) is 18.5 Å². The summed E-state index contributed by atoms with van der Waals surface area (Å²) in [4.78, 5) is 18.4. The fraction of sp³-hybridized carbons (Fsp3) is 0.333. The molecule has 2 rings (SSSR count). The summed E-state index contributed by atoms with van der Waals surface area (Å²) in [5.41, 5.74) is 1.61. The van der Waals surface area contributed by atoms with Crippen molar-refractivity contribution in [1.82, 2.24) is 9.88 Å². The third kappa shape index (κ3) is 3.36. The highest BCUT2D eigenvalue weighted by Gasteiger charge is 2.17. The predicted molar refractivity (Wildman–Crippen MR) is 80.3 cm³/mol. The Balaban J connectivity index is 2.09. The van der Waals surface area contributed by atoms with Crippen molar-refractivity contribution < 1.29 is 9.53 Å². The molecule has 0 atom stereocenters. The Kier molecular flexibility index (Phi) is 4.74. The summed E-state index contributed by atoms with van der Waals surface area (Å²) in [6, 6.07) is 7.75. The van der Waals surface area contributed by atoms with Crippen LogP contribution in [0.1, 0.15) is 28.0 Å². The van der Waals surface area contributed by atoms with Gasteiger partial charge in [0.25, 0.3) is 5.91 Å². The van der Waals surface area contributed by atoms with Crippen LogP contribution in [0.3, 0.4) is 0 Å². The van der Waals surface area contributed by atoms with Gasteiger partial charge in [0.2, 0.25) is 0 Å². The van der Waals surface area contributed by atoms with Crippen molar-refractivity contribution in [2.75, 3.05) is 13.7 Å². The molecule has 0 spiro atoms. The Morgan fingerprint density at radius 1 is 1.35 bits per heavy atom. The molecule has 1 heterocycles. The fourth-order valence-electron chi connectivity index (χ4n) is 1.90. The van der Waals surface area contributed by atoms with E-state index in [-0.39, 0.29) is 5.91 Å². The molecule has 4 nitrogen and oxygen atoms in total. The molecule has 1 amide bonds. The first-order chi connectivity index (χ1) is 9.63. The van der Waals surface area contributed by atoms with Crippen LogP contribution in [0, 0.1) is 6.92 Å². The molecule has 2 aromatic rings. The van der Waals surface area contributed by atoms with Crippen LogP contribution in [0.2, 0.25) is 0 Å². The Bertz CT molecular complexity index is 578. The highest BCUT2D eigenvalue weighted by Crippen LogP contribution is 2.15. The van der Waals surface area contributed by atoms with Crippen LogP contribution in [-0.2, 0) is 6.54 Å². The molecule has 0 bridgehead atoms. The molecule has 0 saturated carbocycles. The number of thiazole rings is 1. The van der Waals surface area contributed by atoms with Crippen LogP contribution in [0.25, 0.3) is 0 Å². The largest absolute Gasteiger partial charge is 0.497 e. The Labute approximate surface area is 123 Å². The van der Waals surface area contributed by atoms with Crippen LogP contribution >= 0.6 is 11.3 Å². The van der Waals surface area contributed by atoms with Crippen LogP contribution in [0.5, 0.6) is 5.75 Å². The zero-order chi connectivity index (χ0) is 14.5. The van der Waals surface area contributed by atoms with Crippen LogP contribution in [0.15, 0.2) is 29.6 Å². The van der Waals surface area contributed by atoms with Gasteiger partial charge in [-0.1, -0.05) is 12.1 Å². The topological polar surface area (TPSA) is 42.4 Å². The van der Waals surface area contributed by atoms with Gasteiger partial charge < -0.3 is 9.64 Å². The van der Waals surface area contributed by atoms with E-state index >= 15 is 0 Å². The molecule has 0 aliphatic heterocycles. The van der Waals surface area contributed by atoms with E-state index in [1.165, 1.54) is 11.3 Å². The van der Waals surface area contributed by atoms with Gasteiger partial charge in [-0.05, 0) is 31.5 Å². The smallest absolute Gasteiger partial charge is 0.273 e. The summed E-state index contributed by atoms with van der Waals surface area (Å²) in [6.45, 7) is 5.11. The van der Waals surface area contributed by atoms with E-state index in [1.807, 2.05) is 43.5 Å². The number of hydrogen-bond acceptors (Lipinski definition) is 4. The van der Waals surface area contributed by atoms with Crippen molar-refractivity contribution in [2.45, 2.75) is 20.4 Å². The average Bonchev–Trinajstić information content (AvgIpc) is 2.91. The molecule has 5 heteroatoms. The third-order valence-corrected chi connectivity index (χ3v) is 3.81. The van der Waals surface area contributed by atoms with Gasteiger partial charge in [0.15, 0.2) is 0 Å². The lowest BCUT2D eigenvalue weighted by atomic mass is 10.2. The molecule has 0 unspecified atom stereocenters. The quantitative estimate of drug-likeness (QED) is 0.849. The van der Waals surface area contributed by atoms with Gasteiger partial charge >= 0.3 is 0 Å². The van der Waals surface area contributed by atoms with Crippen molar-refractivity contribution in [2.24, 2.45) is 0 Å². The zero-order valence-electron chi connectivity index (χ0n) is 11.9. The molecule has 0 aliphatic rings. The minimum Gasteiger partial charge on any atom is -0.497 e. The number of ether oxygens (including phenoxy) is 1. The summed E-state index contributed by atoms with van der Waals surface area (Å²) in [6.07, 6.45) is 0. The molecule has 1 aromatic heterocycles. The first-order valence-corrected chi connectivity index (χ1v) is 7.36. The lowest BCUT2D eigenvalue weighted by molar-refractivity contribution is 0.0747. The molecule has 0 radical (unpaired) electrons. The number of carbonyl (C=O) groups is 1. The van der Waals surface area contributed by atoms with Gasteiger partial charge in [-0.15, -0.1) is 11.3 Å². The van der Waals surface area contributed by atoms with Gasteiger partial charge in [0.05, 0.1) is 12.1 Å². The molecule has 0 aliphatic carbocycles. The van der Waals surface area contributed by atoms with Crippen molar-refractivity contribution >= 4 is 17.2 Å². The van der Waals surface area contributed by atoms with Crippen LogP contribution in [0.4, 0.5) is 0 Å². The Morgan fingerprint density at radius 2 is 2.05 bits per heavy atom. The van der Waals surface area contributed by atoms with E-state index in [4.69, 9.17) is 4.74 Å². The lowest BCUT2D eigenvalue weighted by Crippen LogP contribution is -2.30. The van der Waals surface area contributed by atoms with Crippen molar-refractivity contribution in [3.63, 3.8) is 0 Å². The monoisotopic (exact) mass is 290 g/mol. The van der Waals surface area contributed by atoms with E-state index in [0.29, 0.717) is 18.8 Å². The molecule has 1 aromatic carbocycles. The highest BCUT2D eigenvalue weighted by molar-refractivity contribution is 7.09. The molecule has 0 saturated heterocycles. The summed E-state index contributed by atoms with van der Waals surface area (Å²) in [5.74, 6) is 0.797. The minimum absolute atomic E-state index is 0.0207. The summed E-state index contributed by atoms with van der Waals surface area (Å²) < 4.78 is 5.13. The SMILES string of the molecule is CCN(Cc1ccc(OC)cc1)C(=O)c1csc(C)n1. The second-order valence-electron chi connectivity index (χ2n) is 4.42. The van der Waals surface area contributed by atoms with Crippen LogP contribution < -0.4 is 4.74 Å². The molecule has 0 fully saturated rings. The second-order valence-corrected chi connectivity index (χ2v) is 5.48. The lowest BCUT2D eigenvalue weighted by Gasteiger charge is -2.20. The first-order valence-electron chi connectivity index (χ1n) is 6.48. The summed E-state index contributed by atoms with van der Waals surface area (Å²) in [7, 11) is 1.64. The zero-order valence-corrected chi connectivity index (χ0v) is 12.7. The molecule has 106 valence electrons. The normalized spacial score (nSPS) is 10.3. The number of amides is 1. The number of aromatic nitrogens is 1. The number of nitrogens with zero attached hydrogens (tertiary/aromatic N) is 2. The molecular weight excluding hydrogens is 272 g/mol. The summed E-state index contributed by atoms with van der Waals surface area (Å²) >= 11 is 1.50. The molecule has 20 heavy (non-hydrogen) atoms. The molecule has 0 N–H and O–H groups in total. The van der Waals surface area contributed by atoms with Gasteiger partial charge in [0.1, 0.15) is 11.4 Å². The van der Waals surface area contributed by atoms with Crippen molar-refractivity contribution in [3.8, 4) is 5.75 Å². The van der Waals surface area contributed by atoms with E-state index in [0.717, 1.165) is 16.3 Å². The van der Waals surface area contributed by atoms with E-state index in [1.54, 1.807) is 12.0 Å². The van der Waals surface area contributed by atoms with Crippen LogP contribution in [-0.4, -0.2) is 29.4 Å². The van der Waals surface area contributed by atoms with Crippen molar-refractivity contribution in [3.05, 3.63) is 45.9 Å². The maximum atomic E-state index is 12.4. The van der Waals surface area contributed by atoms with E-state index in [2.05, 4.69) is 4.98 Å². The maximum Gasteiger partial charge on any atom is 0.273 e. The fourth-order valence-corrected chi connectivity index (χ4v) is 2.49. The van der Waals surface area contributed by atoms with Gasteiger partial charge in [-0.25, -0.2) is 4.98 Å². The number of aryl methyl sites for hydroxylation is 1. The number of methoxy groups -OCH3 is 1. The second kappa shape index (κ2) is 6.52. The highest BCUT2D eigenvalue weighted by atomic mass is 32.1. The standard InChI is InChI=1S/C15H18N2O2S/c1-4-17(15(18)14-10-20-11(2)16-14)9-12-5-7-13(19-3)8-6-12/h5-8,10H,4,9H2,1-3H3.